The van der Waals surface area contributed by atoms with E-state index in [1.165, 1.54) is 5.56 Å². The van der Waals surface area contributed by atoms with Crippen molar-refractivity contribution in [2.24, 2.45) is 0 Å². The monoisotopic (exact) mass is 377 g/mol. The number of amides is 1. The number of hydrogen-bond acceptors (Lipinski definition) is 2. The van der Waals surface area contributed by atoms with Crippen molar-refractivity contribution >= 4 is 16.9 Å². The van der Waals surface area contributed by atoms with Gasteiger partial charge in [0.1, 0.15) is 12.4 Å². The first-order chi connectivity index (χ1) is 13.5. The fourth-order valence-electron chi connectivity index (χ4n) is 3.69. The van der Waals surface area contributed by atoms with Gasteiger partial charge in [0, 0.05) is 17.6 Å². The summed E-state index contributed by atoms with van der Waals surface area (Å²) in [5.74, 6) is 1.00. The Morgan fingerprint density at radius 3 is 2.21 bits per heavy atom. The van der Waals surface area contributed by atoms with Crippen molar-refractivity contribution in [3.63, 3.8) is 0 Å². The molecule has 4 heteroatoms. The molecule has 1 heterocycles. The zero-order valence-electron chi connectivity index (χ0n) is 17.6. The second-order valence-electron chi connectivity index (χ2n) is 7.69. The second kappa shape index (κ2) is 8.59. The van der Waals surface area contributed by atoms with Crippen LogP contribution >= 0.6 is 0 Å². The molecule has 0 saturated carbocycles. The number of para-hydroxylation sites is 2. The van der Waals surface area contributed by atoms with E-state index in [9.17, 15) is 4.79 Å². The van der Waals surface area contributed by atoms with Crippen molar-refractivity contribution in [2.45, 2.75) is 66.1 Å². The Balaban J connectivity index is 2.05. The van der Waals surface area contributed by atoms with Crippen LogP contribution in [-0.4, -0.2) is 32.4 Å². The van der Waals surface area contributed by atoms with E-state index in [2.05, 4.69) is 63.5 Å². The molecule has 148 valence electrons. The van der Waals surface area contributed by atoms with Crippen molar-refractivity contribution in [3.05, 3.63) is 54.1 Å². The van der Waals surface area contributed by atoms with Crippen LogP contribution in [0.5, 0.6) is 0 Å². The smallest absolute Gasteiger partial charge is 0.243 e. The third kappa shape index (κ3) is 3.96. The predicted molar refractivity (Wildman–Crippen MR) is 116 cm³/mol. The van der Waals surface area contributed by atoms with Crippen molar-refractivity contribution in [3.8, 4) is 11.4 Å². The van der Waals surface area contributed by atoms with Crippen LogP contribution in [0.3, 0.4) is 0 Å². The molecule has 0 bridgehead atoms. The molecule has 0 aliphatic carbocycles. The maximum Gasteiger partial charge on any atom is 0.243 e. The summed E-state index contributed by atoms with van der Waals surface area (Å²) in [5.41, 5.74) is 4.17. The Bertz CT molecular complexity index is 932. The van der Waals surface area contributed by atoms with Crippen molar-refractivity contribution < 1.29 is 4.79 Å². The van der Waals surface area contributed by atoms with Gasteiger partial charge in [0.15, 0.2) is 0 Å². The number of rotatable bonds is 7. The Hall–Kier alpha value is -2.62. The lowest BCUT2D eigenvalue weighted by molar-refractivity contribution is -0.136. The first kappa shape index (κ1) is 20.1. The number of benzene rings is 2. The van der Waals surface area contributed by atoms with E-state index in [4.69, 9.17) is 4.98 Å². The Kier molecular flexibility index (Phi) is 6.18. The molecule has 0 fully saturated rings. The standard InChI is InChI=1S/C24H31N3O/c1-6-18(4)27(19(5)7-2)23(28)16-26-22-11-9-8-10-21(22)25-24(26)20-14-12-17(3)13-15-20/h8-15,18-19H,6-7,16H2,1-5H3. The van der Waals surface area contributed by atoms with Gasteiger partial charge in [-0.1, -0.05) is 55.8 Å². The normalized spacial score (nSPS) is 13.5. The van der Waals surface area contributed by atoms with Crippen LogP contribution in [0.1, 0.15) is 46.1 Å². The average molecular weight is 378 g/mol. The summed E-state index contributed by atoms with van der Waals surface area (Å²) in [6.07, 6.45) is 1.90. The minimum Gasteiger partial charge on any atom is -0.336 e. The van der Waals surface area contributed by atoms with Gasteiger partial charge in [-0.25, -0.2) is 4.98 Å². The number of fused-ring (bicyclic) bond motifs is 1. The average Bonchev–Trinajstić information content (AvgIpc) is 3.06. The maximum absolute atomic E-state index is 13.4. The van der Waals surface area contributed by atoms with Gasteiger partial charge in [-0.2, -0.15) is 0 Å². The van der Waals surface area contributed by atoms with Gasteiger partial charge in [-0.05, 0) is 45.7 Å². The molecule has 2 atom stereocenters. The third-order valence-corrected chi connectivity index (χ3v) is 5.68. The fourth-order valence-corrected chi connectivity index (χ4v) is 3.69. The summed E-state index contributed by atoms with van der Waals surface area (Å²) in [5, 5.41) is 0. The molecular weight excluding hydrogens is 346 g/mol. The molecule has 4 nitrogen and oxygen atoms in total. The zero-order valence-corrected chi connectivity index (χ0v) is 17.6. The van der Waals surface area contributed by atoms with E-state index < -0.39 is 0 Å². The van der Waals surface area contributed by atoms with Gasteiger partial charge in [0.25, 0.3) is 0 Å². The van der Waals surface area contributed by atoms with Crippen LogP contribution in [0.25, 0.3) is 22.4 Å². The Morgan fingerprint density at radius 1 is 1.00 bits per heavy atom. The van der Waals surface area contributed by atoms with Crippen molar-refractivity contribution in [1.82, 2.24) is 14.5 Å². The highest BCUT2D eigenvalue weighted by atomic mass is 16.2. The van der Waals surface area contributed by atoms with Crippen LogP contribution < -0.4 is 0 Å². The second-order valence-corrected chi connectivity index (χ2v) is 7.69. The number of nitrogens with zero attached hydrogens (tertiary/aromatic N) is 3. The lowest BCUT2D eigenvalue weighted by Gasteiger charge is -2.34. The number of imidazole rings is 1. The lowest BCUT2D eigenvalue weighted by atomic mass is 10.1. The number of aromatic nitrogens is 2. The fraction of sp³-hybridized carbons (Fsp3) is 0.417. The molecule has 3 aromatic rings. The van der Waals surface area contributed by atoms with Gasteiger partial charge in [0.05, 0.1) is 11.0 Å². The highest BCUT2D eigenvalue weighted by molar-refractivity contribution is 5.84. The highest BCUT2D eigenvalue weighted by Gasteiger charge is 2.25. The van der Waals surface area contributed by atoms with Gasteiger partial charge in [-0.15, -0.1) is 0 Å². The summed E-state index contributed by atoms with van der Waals surface area (Å²) < 4.78 is 2.07. The first-order valence-corrected chi connectivity index (χ1v) is 10.3. The molecule has 0 N–H and O–H groups in total. The summed E-state index contributed by atoms with van der Waals surface area (Å²) in [4.78, 5) is 20.3. The van der Waals surface area contributed by atoms with E-state index in [1.54, 1.807) is 0 Å². The quantitative estimate of drug-likeness (QED) is 0.550. The van der Waals surface area contributed by atoms with E-state index >= 15 is 0 Å². The summed E-state index contributed by atoms with van der Waals surface area (Å²) in [7, 11) is 0. The molecule has 0 spiro atoms. The van der Waals surface area contributed by atoms with E-state index in [0.717, 1.165) is 35.3 Å². The van der Waals surface area contributed by atoms with Gasteiger partial charge in [0.2, 0.25) is 5.91 Å². The summed E-state index contributed by atoms with van der Waals surface area (Å²) >= 11 is 0. The minimum atomic E-state index is 0.153. The van der Waals surface area contributed by atoms with E-state index in [1.807, 2.05) is 29.2 Å². The van der Waals surface area contributed by atoms with Crippen LogP contribution in [0.4, 0.5) is 0 Å². The van der Waals surface area contributed by atoms with Gasteiger partial charge < -0.3 is 9.47 Å². The number of aryl methyl sites for hydroxylation is 1. The minimum absolute atomic E-state index is 0.153. The molecule has 3 rings (SSSR count). The lowest BCUT2D eigenvalue weighted by Crippen LogP contribution is -2.45. The van der Waals surface area contributed by atoms with Crippen molar-refractivity contribution in [2.75, 3.05) is 0 Å². The van der Waals surface area contributed by atoms with Crippen LogP contribution in [0.15, 0.2) is 48.5 Å². The van der Waals surface area contributed by atoms with Crippen molar-refractivity contribution in [1.29, 1.82) is 0 Å². The molecule has 2 unspecified atom stereocenters. The molecule has 28 heavy (non-hydrogen) atoms. The molecule has 0 saturated heterocycles. The van der Waals surface area contributed by atoms with Crippen LogP contribution in [0.2, 0.25) is 0 Å². The predicted octanol–water partition coefficient (Wildman–Crippen LogP) is 5.44. The van der Waals surface area contributed by atoms with Gasteiger partial charge >= 0.3 is 0 Å². The van der Waals surface area contributed by atoms with Crippen LogP contribution in [0, 0.1) is 6.92 Å². The largest absolute Gasteiger partial charge is 0.336 e. The molecule has 0 aliphatic rings. The highest BCUT2D eigenvalue weighted by Crippen LogP contribution is 2.26. The Labute approximate surface area is 168 Å². The van der Waals surface area contributed by atoms with Gasteiger partial charge in [-0.3, -0.25) is 4.79 Å². The molecule has 2 aromatic carbocycles. The zero-order chi connectivity index (χ0) is 20.3. The molecule has 1 amide bonds. The molecular formula is C24H31N3O. The maximum atomic E-state index is 13.4. The first-order valence-electron chi connectivity index (χ1n) is 10.3. The Morgan fingerprint density at radius 2 is 1.61 bits per heavy atom. The van der Waals surface area contributed by atoms with E-state index in [-0.39, 0.29) is 18.0 Å². The topological polar surface area (TPSA) is 38.1 Å². The number of carbonyl (C=O) groups is 1. The summed E-state index contributed by atoms with van der Waals surface area (Å²) in [6, 6.07) is 16.8. The summed E-state index contributed by atoms with van der Waals surface area (Å²) in [6.45, 7) is 10.9. The SMILES string of the molecule is CCC(C)N(C(=O)Cn1c(-c2ccc(C)cc2)nc2ccccc21)C(C)CC. The van der Waals surface area contributed by atoms with Crippen LogP contribution in [-0.2, 0) is 11.3 Å². The number of hydrogen-bond donors (Lipinski definition) is 0. The molecule has 0 aliphatic heterocycles. The molecule has 1 aromatic heterocycles. The molecule has 0 radical (unpaired) electrons. The van der Waals surface area contributed by atoms with E-state index in [0.29, 0.717) is 6.54 Å². The number of carbonyl (C=O) groups excluding carboxylic acids is 1. The third-order valence-electron chi connectivity index (χ3n) is 5.68.